The molecule has 0 fully saturated rings. The highest BCUT2D eigenvalue weighted by Gasteiger charge is 2.05. The first-order valence-corrected chi connectivity index (χ1v) is 5.94. The van der Waals surface area contributed by atoms with Gasteiger partial charge >= 0.3 is 5.97 Å². The van der Waals surface area contributed by atoms with E-state index >= 15 is 0 Å². The standard InChI is InChI=1S/C13H15N3O3/c1-9-10-4-2-3-5-11(10)13(16-15-9)14-6-7-19-8-12(17)18/h2-5H,6-8H2,1H3,(H,14,16)(H,17,18). The Balaban J connectivity index is 2.01. The number of hydrogen-bond acceptors (Lipinski definition) is 5. The van der Waals surface area contributed by atoms with Gasteiger partial charge in [-0.3, -0.25) is 0 Å². The fourth-order valence-electron chi connectivity index (χ4n) is 1.77. The summed E-state index contributed by atoms with van der Waals surface area (Å²) in [7, 11) is 0. The maximum Gasteiger partial charge on any atom is 0.329 e. The zero-order chi connectivity index (χ0) is 13.7. The number of anilines is 1. The molecule has 1 aromatic carbocycles. The van der Waals surface area contributed by atoms with E-state index in [1.54, 1.807) is 0 Å². The number of ether oxygens (including phenoxy) is 1. The number of aliphatic carboxylic acids is 1. The first-order valence-electron chi connectivity index (χ1n) is 5.94. The summed E-state index contributed by atoms with van der Waals surface area (Å²) in [4.78, 5) is 10.3. The second-order valence-electron chi connectivity index (χ2n) is 4.05. The van der Waals surface area contributed by atoms with Crippen molar-refractivity contribution in [2.45, 2.75) is 6.92 Å². The lowest BCUT2D eigenvalue weighted by Crippen LogP contribution is -2.15. The number of carboxylic acid groups (broad SMARTS) is 1. The lowest BCUT2D eigenvalue weighted by molar-refractivity contribution is -0.142. The zero-order valence-electron chi connectivity index (χ0n) is 10.6. The number of benzene rings is 1. The van der Waals surface area contributed by atoms with Gasteiger partial charge in [0.1, 0.15) is 6.61 Å². The number of hydrogen-bond donors (Lipinski definition) is 2. The van der Waals surface area contributed by atoms with Crippen LogP contribution >= 0.6 is 0 Å². The van der Waals surface area contributed by atoms with Gasteiger partial charge in [0.25, 0.3) is 0 Å². The Hall–Kier alpha value is -2.21. The van der Waals surface area contributed by atoms with Crippen LogP contribution in [0.3, 0.4) is 0 Å². The molecule has 0 aliphatic heterocycles. The largest absolute Gasteiger partial charge is 0.480 e. The molecule has 0 aliphatic rings. The predicted molar refractivity (Wildman–Crippen MR) is 71.2 cm³/mol. The Bertz CT molecular complexity index is 586. The zero-order valence-corrected chi connectivity index (χ0v) is 10.6. The fourth-order valence-corrected chi connectivity index (χ4v) is 1.77. The number of fused-ring (bicyclic) bond motifs is 1. The number of carbonyl (C=O) groups is 1. The van der Waals surface area contributed by atoms with Gasteiger partial charge in [0, 0.05) is 17.3 Å². The monoisotopic (exact) mass is 261 g/mol. The van der Waals surface area contributed by atoms with Crippen LogP contribution in [0, 0.1) is 6.92 Å². The third kappa shape index (κ3) is 3.38. The van der Waals surface area contributed by atoms with Gasteiger partial charge < -0.3 is 15.2 Å². The summed E-state index contributed by atoms with van der Waals surface area (Å²) in [6, 6.07) is 7.86. The summed E-state index contributed by atoms with van der Waals surface area (Å²) in [6.07, 6.45) is 0. The van der Waals surface area contributed by atoms with Gasteiger partial charge in [-0.05, 0) is 6.92 Å². The molecule has 2 N–H and O–H groups in total. The quantitative estimate of drug-likeness (QED) is 0.766. The molecule has 6 heteroatoms. The average Bonchev–Trinajstić information content (AvgIpc) is 2.41. The Morgan fingerprint density at radius 3 is 2.79 bits per heavy atom. The van der Waals surface area contributed by atoms with E-state index in [2.05, 4.69) is 15.5 Å². The molecule has 2 rings (SSSR count). The highest BCUT2D eigenvalue weighted by molar-refractivity contribution is 5.92. The first kappa shape index (κ1) is 13.2. The van der Waals surface area contributed by atoms with E-state index in [0.717, 1.165) is 16.5 Å². The molecule has 0 amide bonds. The fraction of sp³-hybridized carbons (Fsp3) is 0.308. The summed E-state index contributed by atoms with van der Waals surface area (Å²) in [5.74, 6) is -0.291. The first-order chi connectivity index (χ1) is 9.18. The maximum absolute atomic E-state index is 10.3. The Morgan fingerprint density at radius 1 is 1.32 bits per heavy atom. The maximum atomic E-state index is 10.3. The molecule has 19 heavy (non-hydrogen) atoms. The third-order valence-corrected chi connectivity index (χ3v) is 2.64. The minimum atomic E-state index is -0.972. The molecular weight excluding hydrogens is 246 g/mol. The van der Waals surface area contributed by atoms with Crippen molar-refractivity contribution in [3.8, 4) is 0 Å². The van der Waals surface area contributed by atoms with Crippen molar-refractivity contribution < 1.29 is 14.6 Å². The molecule has 0 saturated carbocycles. The van der Waals surface area contributed by atoms with Crippen molar-refractivity contribution in [2.75, 3.05) is 25.1 Å². The van der Waals surface area contributed by atoms with Crippen molar-refractivity contribution >= 4 is 22.6 Å². The van der Waals surface area contributed by atoms with E-state index in [1.807, 2.05) is 31.2 Å². The number of carboxylic acids is 1. The summed E-state index contributed by atoms with van der Waals surface area (Å²) in [6.45, 7) is 2.41. The van der Waals surface area contributed by atoms with Gasteiger partial charge in [-0.2, -0.15) is 5.10 Å². The van der Waals surface area contributed by atoms with Crippen LogP contribution in [-0.4, -0.2) is 41.0 Å². The highest BCUT2D eigenvalue weighted by atomic mass is 16.5. The minimum absolute atomic E-state index is 0.290. The summed E-state index contributed by atoms with van der Waals surface area (Å²) in [5.41, 5.74) is 0.878. The predicted octanol–water partition coefficient (Wildman–Crippen LogP) is 1.45. The van der Waals surface area contributed by atoms with Crippen LogP contribution < -0.4 is 5.32 Å². The van der Waals surface area contributed by atoms with Crippen LogP contribution in [0.25, 0.3) is 10.8 Å². The third-order valence-electron chi connectivity index (χ3n) is 2.64. The Labute approximate surface area is 110 Å². The lowest BCUT2D eigenvalue weighted by Gasteiger charge is -2.09. The molecule has 0 aliphatic carbocycles. The number of aryl methyl sites for hydroxylation is 1. The molecule has 100 valence electrons. The van der Waals surface area contributed by atoms with Crippen molar-refractivity contribution in [1.29, 1.82) is 0 Å². The van der Waals surface area contributed by atoms with Gasteiger partial charge in [-0.1, -0.05) is 24.3 Å². The van der Waals surface area contributed by atoms with Crippen molar-refractivity contribution in [1.82, 2.24) is 10.2 Å². The number of rotatable bonds is 6. The van der Waals surface area contributed by atoms with Crippen molar-refractivity contribution in [2.24, 2.45) is 0 Å². The molecule has 6 nitrogen and oxygen atoms in total. The van der Waals surface area contributed by atoms with Crippen LogP contribution in [0.15, 0.2) is 24.3 Å². The van der Waals surface area contributed by atoms with Crippen LogP contribution in [0.1, 0.15) is 5.69 Å². The molecule has 0 saturated heterocycles. The topological polar surface area (TPSA) is 84.3 Å². The smallest absolute Gasteiger partial charge is 0.329 e. The van der Waals surface area contributed by atoms with Gasteiger partial charge in [0.2, 0.25) is 0 Å². The van der Waals surface area contributed by atoms with E-state index in [0.29, 0.717) is 19.0 Å². The molecular formula is C13H15N3O3. The average molecular weight is 261 g/mol. The summed E-state index contributed by atoms with van der Waals surface area (Å²) in [5, 5.41) is 21.8. The minimum Gasteiger partial charge on any atom is -0.480 e. The molecule has 1 heterocycles. The molecule has 2 aromatic rings. The Morgan fingerprint density at radius 2 is 2.05 bits per heavy atom. The van der Waals surface area contributed by atoms with Gasteiger partial charge in [0.05, 0.1) is 12.3 Å². The van der Waals surface area contributed by atoms with Crippen molar-refractivity contribution in [3.63, 3.8) is 0 Å². The summed E-state index contributed by atoms with van der Waals surface area (Å²) >= 11 is 0. The number of nitrogens with zero attached hydrogens (tertiary/aromatic N) is 2. The summed E-state index contributed by atoms with van der Waals surface area (Å²) < 4.78 is 4.94. The number of nitrogens with one attached hydrogen (secondary N) is 1. The van der Waals surface area contributed by atoms with Crippen LogP contribution in [0.4, 0.5) is 5.82 Å². The van der Waals surface area contributed by atoms with E-state index in [9.17, 15) is 4.79 Å². The molecule has 0 bridgehead atoms. The SMILES string of the molecule is Cc1nnc(NCCOCC(=O)O)c2ccccc12. The van der Waals surface area contributed by atoms with Crippen LogP contribution in [-0.2, 0) is 9.53 Å². The number of aromatic nitrogens is 2. The lowest BCUT2D eigenvalue weighted by atomic mass is 10.1. The molecule has 0 atom stereocenters. The van der Waals surface area contributed by atoms with Crippen molar-refractivity contribution in [3.05, 3.63) is 30.0 Å². The highest BCUT2D eigenvalue weighted by Crippen LogP contribution is 2.21. The molecule has 0 spiro atoms. The van der Waals surface area contributed by atoms with Crippen LogP contribution in [0.5, 0.6) is 0 Å². The van der Waals surface area contributed by atoms with Gasteiger partial charge in [-0.15, -0.1) is 5.10 Å². The van der Waals surface area contributed by atoms with E-state index in [-0.39, 0.29) is 6.61 Å². The van der Waals surface area contributed by atoms with E-state index in [4.69, 9.17) is 9.84 Å². The normalized spacial score (nSPS) is 10.6. The molecule has 1 aromatic heterocycles. The van der Waals surface area contributed by atoms with E-state index < -0.39 is 5.97 Å². The second kappa shape index (κ2) is 6.10. The van der Waals surface area contributed by atoms with E-state index in [1.165, 1.54) is 0 Å². The Kier molecular flexibility index (Phi) is 4.25. The van der Waals surface area contributed by atoms with Gasteiger partial charge in [0.15, 0.2) is 5.82 Å². The van der Waals surface area contributed by atoms with Gasteiger partial charge in [-0.25, -0.2) is 4.79 Å². The second-order valence-corrected chi connectivity index (χ2v) is 4.05. The van der Waals surface area contributed by atoms with Crippen LogP contribution in [0.2, 0.25) is 0 Å². The molecule has 0 radical (unpaired) electrons. The molecule has 0 unspecified atom stereocenters.